The van der Waals surface area contributed by atoms with Crippen molar-refractivity contribution in [3.8, 4) is 0 Å². The lowest BCUT2D eigenvalue weighted by Crippen LogP contribution is -2.57. The van der Waals surface area contributed by atoms with E-state index in [2.05, 4.69) is 53.1 Å². The highest BCUT2D eigenvalue weighted by Gasteiger charge is 2.28. The van der Waals surface area contributed by atoms with Crippen LogP contribution in [0.25, 0.3) is 0 Å². The molecule has 1 fully saturated rings. The molecule has 0 spiro atoms. The monoisotopic (exact) mass is 276 g/mol. The molecule has 2 rings (SSSR count). The van der Waals surface area contributed by atoms with Crippen LogP contribution in [-0.2, 0) is 6.42 Å². The summed E-state index contributed by atoms with van der Waals surface area (Å²) in [5.41, 5.74) is 1.61. The highest BCUT2D eigenvalue weighted by Crippen LogP contribution is 2.16. The lowest BCUT2D eigenvalue weighted by atomic mass is 10.0. The molecule has 0 aliphatic carbocycles. The number of aromatic nitrogens is 1. The van der Waals surface area contributed by atoms with Crippen LogP contribution in [0.2, 0.25) is 0 Å². The van der Waals surface area contributed by atoms with E-state index < -0.39 is 0 Å². The summed E-state index contributed by atoms with van der Waals surface area (Å²) in [6.45, 7) is 11.5. The molecule has 0 unspecified atom stereocenters. The zero-order chi connectivity index (χ0) is 14.4. The summed E-state index contributed by atoms with van der Waals surface area (Å²) < 4.78 is 0. The van der Waals surface area contributed by atoms with Gasteiger partial charge in [-0.05, 0) is 45.0 Å². The van der Waals surface area contributed by atoms with E-state index in [1.54, 1.807) is 0 Å². The van der Waals surface area contributed by atoms with Crippen molar-refractivity contribution in [1.29, 1.82) is 0 Å². The van der Waals surface area contributed by atoms with Crippen LogP contribution in [-0.4, -0.2) is 66.6 Å². The first-order valence-electron chi connectivity index (χ1n) is 7.61. The molecule has 0 aromatic carbocycles. The van der Waals surface area contributed by atoms with Gasteiger partial charge in [0.1, 0.15) is 0 Å². The fraction of sp³-hybridized carbons (Fsp3) is 0.688. The molecular weight excluding hydrogens is 248 g/mol. The first kappa shape index (κ1) is 15.4. The molecule has 1 N–H and O–H groups in total. The second kappa shape index (κ2) is 7.16. The van der Waals surface area contributed by atoms with Crippen molar-refractivity contribution in [2.24, 2.45) is 0 Å². The number of nitrogens with one attached hydrogen (secondary N) is 1. The van der Waals surface area contributed by atoms with E-state index in [-0.39, 0.29) is 5.54 Å². The van der Waals surface area contributed by atoms with Crippen LogP contribution < -0.4 is 5.32 Å². The van der Waals surface area contributed by atoms with Crippen LogP contribution in [0.1, 0.15) is 19.4 Å². The topological polar surface area (TPSA) is 31.4 Å². The largest absolute Gasteiger partial charge is 0.314 e. The molecule has 112 valence electrons. The number of hydrogen-bond acceptors (Lipinski definition) is 4. The molecule has 0 radical (unpaired) electrons. The van der Waals surface area contributed by atoms with Crippen molar-refractivity contribution >= 4 is 0 Å². The third-order valence-electron chi connectivity index (χ3n) is 4.16. The zero-order valence-electron chi connectivity index (χ0n) is 13.1. The first-order valence-corrected chi connectivity index (χ1v) is 7.61. The van der Waals surface area contributed by atoms with E-state index in [1.165, 1.54) is 5.56 Å². The molecular formula is C16H28N4. The fourth-order valence-electron chi connectivity index (χ4n) is 2.98. The van der Waals surface area contributed by atoms with E-state index in [9.17, 15) is 0 Å². The number of hydrogen-bond donors (Lipinski definition) is 1. The Balaban J connectivity index is 1.79. The van der Waals surface area contributed by atoms with Crippen molar-refractivity contribution in [3.05, 3.63) is 30.1 Å². The molecule has 4 nitrogen and oxygen atoms in total. The summed E-state index contributed by atoms with van der Waals surface area (Å²) in [7, 11) is 2.23. The Bertz CT molecular complexity index is 385. The molecule has 1 aliphatic heterocycles. The average Bonchev–Trinajstić information content (AvgIpc) is 2.47. The van der Waals surface area contributed by atoms with Gasteiger partial charge in [0.05, 0.1) is 0 Å². The minimum atomic E-state index is 0.245. The fourth-order valence-corrected chi connectivity index (χ4v) is 2.98. The van der Waals surface area contributed by atoms with Gasteiger partial charge in [0, 0.05) is 57.2 Å². The summed E-state index contributed by atoms with van der Waals surface area (Å²) in [5.74, 6) is 0. The van der Waals surface area contributed by atoms with Crippen LogP contribution in [0.15, 0.2) is 24.5 Å². The molecule has 20 heavy (non-hydrogen) atoms. The Morgan fingerprint density at radius 3 is 2.55 bits per heavy atom. The van der Waals surface area contributed by atoms with E-state index in [0.717, 1.165) is 45.7 Å². The van der Waals surface area contributed by atoms with E-state index in [1.807, 2.05) is 12.4 Å². The summed E-state index contributed by atoms with van der Waals surface area (Å²) >= 11 is 0. The minimum Gasteiger partial charge on any atom is -0.314 e. The minimum absolute atomic E-state index is 0.245. The lowest BCUT2D eigenvalue weighted by molar-refractivity contribution is 0.0717. The maximum atomic E-state index is 4.07. The molecule has 2 heterocycles. The predicted molar refractivity (Wildman–Crippen MR) is 84.0 cm³/mol. The second-order valence-corrected chi connectivity index (χ2v) is 6.39. The number of rotatable bonds is 6. The average molecular weight is 276 g/mol. The van der Waals surface area contributed by atoms with E-state index >= 15 is 0 Å². The van der Waals surface area contributed by atoms with Crippen molar-refractivity contribution in [2.45, 2.75) is 25.8 Å². The third-order valence-corrected chi connectivity index (χ3v) is 4.16. The molecule has 0 amide bonds. The van der Waals surface area contributed by atoms with E-state index in [0.29, 0.717) is 0 Å². The molecule has 1 saturated heterocycles. The van der Waals surface area contributed by atoms with Gasteiger partial charge in [0.25, 0.3) is 0 Å². The zero-order valence-corrected chi connectivity index (χ0v) is 13.1. The number of pyridine rings is 1. The first-order chi connectivity index (χ1) is 9.58. The number of nitrogens with zero attached hydrogens (tertiary/aromatic N) is 3. The summed E-state index contributed by atoms with van der Waals surface area (Å²) in [6.07, 6.45) is 4.84. The highest BCUT2D eigenvalue weighted by atomic mass is 15.3. The molecule has 1 aromatic rings. The highest BCUT2D eigenvalue weighted by molar-refractivity contribution is 5.09. The summed E-state index contributed by atoms with van der Waals surface area (Å²) in [4.78, 5) is 9.12. The molecule has 1 aromatic heterocycles. The molecule has 0 bridgehead atoms. The maximum absolute atomic E-state index is 4.07. The molecule has 1 aliphatic rings. The van der Waals surface area contributed by atoms with Gasteiger partial charge in [-0.15, -0.1) is 0 Å². The maximum Gasteiger partial charge on any atom is 0.0281 e. The normalized spacial score (nSPS) is 17.6. The van der Waals surface area contributed by atoms with Crippen LogP contribution in [0.5, 0.6) is 0 Å². The van der Waals surface area contributed by atoms with Gasteiger partial charge in [0.15, 0.2) is 0 Å². The Hall–Kier alpha value is -0.970. The molecule has 0 saturated carbocycles. The van der Waals surface area contributed by atoms with Gasteiger partial charge in [0.2, 0.25) is 0 Å². The van der Waals surface area contributed by atoms with Crippen LogP contribution in [0.3, 0.4) is 0 Å². The lowest BCUT2D eigenvalue weighted by Gasteiger charge is -2.43. The SMILES string of the molecule is CN(CCc1ccncc1)CC(C)(C)N1CCNCC1. The summed E-state index contributed by atoms with van der Waals surface area (Å²) in [6, 6.07) is 4.21. The Kier molecular flexibility index (Phi) is 5.52. The quantitative estimate of drug-likeness (QED) is 0.847. The van der Waals surface area contributed by atoms with Gasteiger partial charge in [-0.25, -0.2) is 0 Å². The van der Waals surface area contributed by atoms with Crippen molar-refractivity contribution in [2.75, 3.05) is 46.3 Å². The van der Waals surface area contributed by atoms with Crippen LogP contribution >= 0.6 is 0 Å². The van der Waals surface area contributed by atoms with Crippen LogP contribution in [0.4, 0.5) is 0 Å². The van der Waals surface area contributed by atoms with Gasteiger partial charge in [-0.3, -0.25) is 9.88 Å². The van der Waals surface area contributed by atoms with Crippen molar-refractivity contribution in [1.82, 2.24) is 20.1 Å². The van der Waals surface area contributed by atoms with Gasteiger partial charge < -0.3 is 10.2 Å². The molecule has 4 heteroatoms. The van der Waals surface area contributed by atoms with Gasteiger partial charge in [-0.1, -0.05) is 0 Å². The van der Waals surface area contributed by atoms with E-state index in [4.69, 9.17) is 0 Å². The third kappa shape index (κ3) is 4.54. The standard InChI is InChI=1S/C16H28N4/c1-16(2,20-12-9-18-10-13-20)14-19(3)11-6-15-4-7-17-8-5-15/h4-5,7-8,18H,6,9-14H2,1-3H3. The van der Waals surface area contributed by atoms with Gasteiger partial charge in [-0.2, -0.15) is 0 Å². The predicted octanol–water partition coefficient (Wildman–Crippen LogP) is 1.24. The smallest absolute Gasteiger partial charge is 0.0281 e. The Labute approximate surface area is 123 Å². The number of piperazine rings is 1. The number of likely N-dealkylation sites (N-methyl/N-ethyl adjacent to an activating group) is 1. The van der Waals surface area contributed by atoms with Crippen molar-refractivity contribution < 1.29 is 0 Å². The molecule has 0 atom stereocenters. The summed E-state index contributed by atoms with van der Waals surface area (Å²) in [5, 5.41) is 3.43. The van der Waals surface area contributed by atoms with Crippen LogP contribution in [0, 0.1) is 0 Å². The van der Waals surface area contributed by atoms with Crippen molar-refractivity contribution in [3.63, 3.8) is 0 Å². The van der Waals surface area contributed by atoms with Gasteiger partial charge >= 0.3 is 0 Å². The Morgan fingerprint density at radius 1 is 1.25 bits per heavy atom. The Morgan fingerprint density at radius 2 is 1.90 bits per heavy atom. The second-order valence-electron chi connectivity index (χ2n) is 6.39.